The van der Waals surface area contributed by atoms with E-state index in [1.165, 1.54) is 0 Å². The highest BCUT2D eigenvalue weighted by Crippen LogP contribution is 2.30. The van der Waals surface area contributed by atoms with Gasteiger partial charge in [-0.1, -0.05) is 19.3 Å². The van der Waals surface area contributed by atoms with Gasteiger partial charge in [-0.25, -0.2) is 0 Å². The van der Waals surface area contributed by atoms with Gasteiger partial charge in [-0.05, 0) is 38.8 Å². The first-order valence-corrected chi connectivity index (χ1v) is 7.59. The number of rotatable bonds is 5. The average molecular weight is 295 g/mol. The zero-order chi connectivity index (χ0) is 15.5. The van der Waals surface area contributed by atoms with Gasteiger partial charge in [0, 0.05) is 0 Å². The fourth-order valence-corrected chi connectivity index (χ4v) is 2.83. The van der Waals surface area contributed by atoms with Crippen LogP contribution in [-0.4, -0.2) is 28.3 Å². The van der Waals surface area contributed by atoms with Gasteiger partial charge in [-0.2, -0.15) is 0 Å². The number of furan rings is 1. The second kappa shape index (κ2) is 6.20. The van der Waals surface area contributed by atoms with Crippen LogP contribution in [0.3, 0.4) is 0 Å². The van der Waals surface area contributed by atoms with Crippen LogP contribution in [0.15, 0.2) is 16.5 Å². The molecule has 5 heteroatoms. The summed E-state index contributed by atoms with van der Waals surface area (Å²) in [7, 11) is 0. The van der Waals surface area contributed by atoms with Crippen LogP contribution in [-0.2, 0) is 10.4 Å². The molecule has 1 saturated carbocycles. The summed E-state index contributed by atoms with van der Waals surface area (Å²) < 4.78 is 5.40. The number of aliphatic hydroxyl groups is 2. The van der Waals surface area contributed by atoms with Crippen LogP contribution in [0.5, 0.6) is 0 Å². The van der Waals surface area contributed by atoms with E-state index in [1.54, 1.807) is 26.0 Å². The maximum atomic E-state index is 12.0. The van der Waals surface area contributed by atoms with Crippen molar-refractivity contribution in [1.29, 1.82) is 0 Å². The molecule has 0 aliphatic heterocycles. The van der Waals surface area contributed by atoms with E-state index in [9.17, 15) is 15.0 Å². The number of aryl methyl sites for hydroxylation is 1. The van der Waals surface area contributed by atoms with Crippen molar-refractivity contribution in [3.63, 3.8) is 0 Å². The van der Waals surface area contributed by atoms with E-state index in [0.717, 1.165) is 19.3 Å². The number of carbonyl (C=O) groups excluding carboxylic acids is 1. The van der Waals surface area contributed by atoms with Crippen molar-refractivity contribution in [1.82, 2.24) is 5.32 Å². The van der Waals surface area contributed by atoms with Crippen LogP contribution < -0.4 is 5.32 Å². The Bertz CT molecular complexity index is 486. The molecule has 1 fully saturated rings. The Morgan fingerprint density at radius 1 is 1.38 bits per heavy atom. The molecule has 1 aliphatic rings. The summed E-state index contributed by atoms with van der Waals surface area (Å²) in [6.07, 6.45) is 4.50. The first-order valence-electron chi connectivity index (χ1n) is 7.59. The van der Waals surface area contributed by atoms with Gasteiger partial charge in [0.1, 0.15) is 17.1 Å². The van der Waals surface area contributed by atoms with Crippen molar-refractivity contribution in [2.24, 2.45) is 0 Å². The van der Waals surface area contributed by atoms with Crippen molar-refractivity contribution in [3.05, 3.63) is 23.7 Å². The van der Waals surface area contributed by atoms with Gasteiger partial charge in [0.2, 0.25) is 5.91 Å². The molecule has 1 unspecified atom stereocenters. The molecule has 1 aromatic rings. The van der Waals surface area contributed by atoms with Gasteiger partial charge in [0.25, 0.3) is 0 Å². The number of amides is 1. The Balaban J connectivity index is 1.85. The molecule has 1 aromatic heterocycles. The third-order valence-corrected chi connectivity index (χ3v) is 4.17. The topological polar surface area (TPSA) is 82.7 Å². The van der Waals surface area contributed by atoms with Crippen LogP contribution in [0.2, 0.25) is 0 Å². The molecule has 5 nitrogen and oxygen atoms in total. The normalized spacial score (nSPS) is 20.8. The fraction of sp³-hybridized carbons (Fsp3) is 0.688. The summed E-state index contributed by atoms with van der Waals surface area (Å²) in [5, 5.41) is 23.4. The number of hydrogen-bond acceptors (Lipinski definition) is 4. The van der Waals surface area contributed by atoms with Crippen molar-refractivity contribution in [2.45, 2.75) is 63.6 Å². The molecule has 1 atom stereocenters. The molecule has 0 saturated heterocycles. The molecular formula is C16H25NO4. The number of hydrogen-bond donors (Lipinski definition) is 3. The first kappa shape index (κ1) is 16.0. The highest BCUT2D eigenvalue weighted by molar-refractivity contribution is 5.77. The van der Waals surface area contributed by atoms with Gasteiger partial charge in [0.05, 0.1) is 18.6 Å². The standard InChI is InChI=1S/C16H25NO4/c1-12-6-7-13(21-12)15(2,19)11-17-14(18)10-16(20)8-4-3-5-9-16/h6-7,19-20H,3-5,8-11H2,1-2H3,(H,17,18). The summed E-state index contributed by atoms with van der Waals surface area (Å²) in [6, 6.07) is 3.48. The zero-order valence-corrected chi connectivity index (χ0v) is 12.8. The summed E-state index contributed by atoms with van der Waals surface area (Å²) in [6.45, 7) is 3.46. The van der Waals surface area contributed by atoms with Crippen LogP contribution in [0.4, 0.5) is 0 Å². The van der Waals surface area contributed by atoms with Crippen LogP contribution >= 0.6 is 0 Å². The molecular weight excluding hydrogens is 270 g/mol. The third-order valence-electron chi connectivity index (χ3n) is 4.17. The molecule has 0 radical (unpaired) electrons. The van der Waals surface area contributed by atoms with E-state index in [-0.39, 0.29) is 18.9 Å². The quantitative estimate of drug-likeness (QED) is 0.776. The van der Waals surface area contributed by atoms with Crippen LogP contribution in [0.25, 0.3) is 0 Å². The van der Waals surface area contributed by atoms with Crippen molar-refractivity contribution in [3.8, 4) is 0 Å². The minimum Gasteiger partial charge on any atom is -0.463 e. The minimum atomic E-state index is -1.25. The van der Waals surface area contributed by atoms with Crippen molar-refractivity contribution < 1.29 is 19.4 Å². The van der Waals surface area contributed by atoms with Gasteiger partial charge in [-0.3, -0.25) is 4.79 Å². The molecule has 0 aromatic carbocycles. The van der Waals surface area contributed by atoms with E-state index in [4.69, 9.17) is 4.42 Å². The summed E-state index contributed by atoms with van der Waals surface area (Å²) in [5.74, 6) is 0.910. The second-order valence-electron chi connectivity index (χ2n) is 6.42. The van der Waals surface area contributed by atoms with Gasteiger partial charge in [0.15, 0.2) is 0 Å². The molecule has 3 N–H and O–H groups in total. The Kier molecular flexibility index (Phi) is 4.74. The molecule has 1 heterocycles. The molecule has 2 rings (SSSR count). The van der Waals surface area contributed by atoms with Gasteiger partial charge in [-0.15, -0.1) is 0 Å². The predicted octanol–water partition coefficient (Wildman–Crippen LogP) is 2.00. The van der Waals surface area contributed by atoms with E-state index < -0.39 is 11.2 Å². The fourth-order valence-electron chi connectivity index (χ4n) is 2.83. The monoisotopic (exact) mass is 295 g/mol. The lowest BCUT2D eigenvalue weighted by atomic mass is 9.82. The van der Waals surface area contributed by atoms with Crippen LogP contribution in [0, 0.1) is 6.92 Å². The highest BCUT2D eigenvalue weighted by atomic mass is 16.4. The number of carbonyl (C=O) groups is 1. The molecule has 21 heavy (non-hydrogen) atoms. The average Bonchev–Trinajstić information content (AvgIpc) is 2.84. The van der Waals surface area contributed by atoms with Gasteiger partial charge < -0.3 is 19.9 Å². The maximum absolute atomic E-state index is 12.0. The van der Waals surface area contributed by atoms with Crippen LogP contribution in [0.1, 0.15) is 57.0 Å². The maximum Gasteiger partial charge on any atom is 0.223 e. The molecule has 1 aliphatic carbocycles. The number of nitrogens with one attached hydrogen (secondary N) is 1. The Morgan fingerprint density at radius 2 is 2.05 bits per heavy atom. The van der Waals surface area contributed by atoms with E-state index in [2.05, 4.69) is 5.32 Å². The molecule has 118 valence electrons. The lowest BCUT2D eigenvalue weighted by molar-refractivity contribution is -0.128. The summed E-state index contributed by atoms with van der Waals surface area (Å²) >= 11 is 0. The van der Waals surface area contributed by atoms with Crippen molar-refractivity contribution in [2.75, 3.05) is 6.54 Å². The smallest absolute Gasteiger partial charge is 0.223 e. The zero-order valence-electron chi connectivity index (χ0n) is 12.8. The second-order valence-corrected chi connectivity index (χ2v) is 6.42. The summed E-state index contributed by atoms with van der Waals surface area (Å²) in [5.41, 5.74) is -2.13. The molecule has 1 amide bonds. The lowest BCUT2D eigenvalue weighted by Crippen LogP contribution is -2.43. The predicted molar refractivity (Wildman–Crippen MR) is 78.7 cm³/mol. The minimum absolute atomic E-state index is 0.0644. The van der Waals surface area contributed by atoms with Gasteiger partial charge >= 0.3 is 0 Å². The Labute approximate surface area is 125 Å². The first-order chi connectivity index (χ1) is 9.81. The van der Waals surface area contributed by atoms with E-state index in [1.807, 2.05) is 0 Å². The Morgan fingerprint density at radius 3 is 2.62 bits per heavy atom. The third kappa shape index (κ3) is 4.32. The van der Waals surface area contributed by atoms with E-state index in [0.29, 0.717) is 24.4 Å². The Hall–Kier alpha value is -1.33. The SMILES string of the molecule is Cc1ccc(C(C)(O)CNC(=O)CC2(O)CCCCC2)o1. The summed E-state index contributed by atoms with van der Waals surface area (Å²) in [4.78, 5) is 12.0. The van der Waals surface area contributed by atoms with Crippen molar-refractivity contribution >= 4 is 5.91 Å². The highest BCUT2D eigenvalue weighted by Gasteiger charge is 2.33. The molecule has 0 bridgehead atoms. The van der Waals surface area contributed by atoms with E-state index >= 15 is 0 Å². The molecule has 0 spiro atoms. The lowest BCUT2D eigenvalue weighted by Gasteiger charge is -2.31. The largest absolute Gasteiger partial charge is 0.463 e.